The fourth-order valence-corrected chi connectivity index (χ4v) is 2.52. The molecule has 0 aromatic carbocycles. The highest BCUT2D eigenvalue weighted by Crippen LogP contribution is 2.24. The van der Waals surface area contributed by atoms with Crippen molar-refractivity contribution in [3.63, 3.8) is 0 Å². The van der Waals surface area contributed by atoms with Gasteiger partial charge in [-0.15, -0.1) is 0 Å². The molecule has 1 N–H and O–H groups in total. The summed E-state index contributed by atoms with van der Waals surface area (Å²) in [6, 6.07) is 0. The largest absolute Gasteiger partial charge is 0.306 e. The van der Waals surface area contributed by atoms with Crippen molar-refractivity contribution in [1.82, 2.24) is 4.90 Å². The summed E-state index contributed by atoms with van der Waals surface area (Å²) < 4.78 is 29.4. The molecule has 1 heterocycles. The predicted octanol–water partition coefficient (Wildman–Crippen LogP) is 1.48. The van der Waals surface area contributed by atoms with Gasteiger partial charge in [0.05, 0.1) is 5.75 Å². The van der Waals surface area contributed by atoms with E-state index in [1.54, 1.807) is 0 Å². The number of hydrogen-bond donors (Lipinski definition) is 1. The fourth-order valence-electron chi connectivity index (χ4n) is 1.10. The molecule has 4 nitrogen and oxygen atoms in total. The van der Waals surface area contributed by atoms with Gasteiger partial charge in [0.2, 0.25) is 0 Å². The van der Waals surface area contributed by atoms with Gasteiger partial charge in [0.25, 0.3) is 10.1 Å². The molecule has 0 aromatic rings. The van der Waals surface area contributed by atoms with E-state index in [1.165, 1.54) is 11.2 Å². The van der Waals surface area contributed by atoms with Crippen LogP contribution in [0.4, 0.5) is 0 Å². The molecule has 0 saturated heterocycles. The molecule has 0 aliphatic carbocycles. The second kappa shape index (κ2) is 4.31. The van der Waals surface area contributed by atoms with Crippen LogP contribution in [0.1, 0.15) is 19.8 Å². The third-order valence-corrected chi connectivity index (χ3v) is 3.93. The second-order valence-electron chi connectivity index (χ2n) is 3.15. The van der Waals surface area contributed by atoms with E-state index in [4.69, 9.17) is 4.55 Å². The van der Waals surface area contributed by atoms with Gasteiger partial charge in [-0.2, -0.15) is 8.42 Å². The molecule has 0 amide bonds. The molecule has 1 rings (SSSR count). The molecule has 1 aliphatic rings. The molecule has 6 heteroatoms. The summed E-state index contributed by atoms with van der Waals surface area (Å²) in [6.45, 7) is 1.97. The van der Waals surface area contributed by atoms with Crippen LogP contribution in [-0.4, -0.2) is 30.7 Å². The first-order valence-electron chi connectivity index (χ1n) is 4.21. The molecule has 1 aliphatic heterocycles. The molecular weight excluding hydrogens is 222 g/mol. The first-order chi connectivity index (χ1) is 6.40. The molecule has 0 aromatic heterocycles. The topological polar surface area (TPSA) is 57.6 Å². The molecule has 0 fully saturated rings. The minimum atomic E-state index is -3.81. The maximum atomic E-state index is 10.5. The van der Waals surface area contributed by atoms with Crippen molar-refractivity contribution in [3.8, 4) is 5.31 Å². The molecule has 0 saturated carbocycles. The summed E-state index contributed by atoms with van der Waals surface area (Å²) >= 11 is 1.49. The highest BCUT2D eigenvalue weighted by molar-refractivity contribution is 7.92. The Balaban J connectivity index is 2.46. The zero-order chi connectivity index (χ0) is 10.8. The lowest BCUT2D eigenvalue weighted by Crippen LogP contribution is -2.06. The zero-order valence-corrected chi connectivity index (χ0v) is 9.78. The van der Waals surface area contributed by atoms with Gasteiger partial charge >= 0.3 is 0 Å². The predicted molar refractivity (Wildman–Crippen MR) is 57.6 cm³/mol. The first kappa shape index (κ1) is 11.5. The Bertz CT molecular complexity index is 414. The average molecular weight is 235 g/mol. The fraction of sp³-hybridized carbons (Fsp3) is 0.625. The number of rotatable bonds is 4. The zero-order valence-electron chi connectivity index (χ0n) is 8.15. The van der Waals surface area contributed by atoms with Gasteiger partial charge in [0.15, 0.2) is 0 Å². The Morgan fingerprint density at radius 3 is 2.64 bits per heavy atom. The Morgan fingerprint density at radius 1 is 1.57 bits per heavy atom. The second-order valence-corrected chi connectivity index (χ2v) is 5.60. The SMILES string of the molecule is CC1=C(CCCS(=O)(=O)O)S#CN1C. The van der Waals surface area contributed by atoms with Crippen molar-refractivity contribution in [2.75, 3.05) is 12.8 Å². The van der Waals surface area contributed by atoms with Crippen LogP contribution in [0.15, 0.2) is 10.6 Å². The Kier molecular flexibility index (Phi) is 3.55. The Hall–Kier alpha value is -0.550. The van der Waals surface area contributed by atoms with E-state index in [1.807, 2.05) is 18.9 Å². The Morgan fingerprint density at radius 2 is 2.21 bits per heavy atom. The lowest BCUT2D eigenvalue weighted by Gasteiger charge is -2.08. The third kappa shape index (κ3) is 3.31. The van der Waals surface area contributed by atoms with Gasteiger partial charge in [-0.25, -0.2) is 0 Å². The summed E-state index contributed by atoms with van der Waals surface area (Å²) in [5.74, 6) is -0.173. The maximum Gasteiger partial charge on any atom is 0.264 e. The monoisotopic (exact) mass is 235 g/mol. The van der Waals surface area contributed by atoms with E-state index in [2.05, 4.69) is 5.31 Å². The summed E-state index contributed by atoms with van der Waals surface area (Å²) in [4.78, 5) is 3.00. The quantitative estimate of drug-likeness (QED) is 0.750. The van der Waals surface area contributed by atoms with Crippen LogP contribution < -0.4 is 0 Å². The van der Waals surface area contributed by atoms with Crippen molar-refractivity contribution in [2.24, 2.45) is 0 Å². The van der Waals surface area contributed by atoms with Crippen molar-refractivity contribution in [1.29, 1.82) is 0 Å². The van der Waals surface area contributed by atoms with E-state index >= 15 is 0 Å². The van der Waals surface area contributed by atoms with Gasteiger partial charge in [0, 0.05) is 23.0 Å². The average Bonchev–Trinajstić information content (AvgIpc) is 2.33. The maximum absolute atomic E-state index is 10.5. The lowest BCUT2D eigenvalue weighted by molar-refractivity contribution is 0.481. The van der Waals surface area contributed by atoms with E-state index in [9.17, 15) is 8.42 Å². The summed E-state index contributed by atoms with van der Waals surface area (Å²) in [5, 5.41) is 3.03. The van der Waals surface area contributed by atoms with Gasteiger partial charge < -0.3 is 4.90 Å². The van der Waals surface area contributed by atoms with E-state index < -0.39 is 10.1 Å². The first-order valence-corrected chi connectivity index (χ1v) is 6.64. The highest BCUT2D eigenvalue weighted by atomic mass is 32.2. The van der Waals surface area contributed by atoms with Crippen LogP contribution in [0.25, 0.3) is 0 Å². The van der Waals surface area contributed by atoms with Crippen LogP contribution in [0.2, 0.25) is 0 Å². The summed E-state index contributed by atoms with van der Waals surface area (Å²) in [6.07, 6.45) is 1.13. The van der Waals surface area contributed by atoms with Crippen LogP contribution >= 0.6 is 11.2 Å². The van der Waals surface area contributed by atoms with E-state index in [-0.39, 0.29) is 5.75 Å². The van der Waals surface area contributed by atoms with Gasteiger partial charge in [-0.05, 0) is 19.8 Å². The molecule has 80 valence electrons. The molecule has 0 unspecified atom stereocenters. The van der Waals surface area contributed by atoms with Crippen molar-refractivity contribution in [3.05, 3.63) is 10.6 Å². The van der Waals surface area contributed by atoms with E-state index in [0.717, 1.165) is 10.6 Å². The number of hydrogen-bond acceptors (Lipinski definition) is 3. The van der Waals surface area contributed by atoms with Crippen LogP contribution in [0.5, 0.6) is 0 Å². The molecule has 14 heavy (non-hydrogen) atoms. The van der Waals surface area contributed by atoms with Crippen molar-refractivity contribution in [2.45, 2.75) is 19.8 Å². The van der Waals surface area contributed by atoms with Gasteiger partial charge in [-0.3, -0.25) is 4.55 Å². The van der Waals surface area contributed by atoms with E-state index in [0.29, 0.717) is 12.8 Å². The standard InChI is InChI=1S/C8H13NO3S2/c1-7-8(13-6-9(7)2)4-3-5-14(10,11)12/h3-5H2,1-2H3,(H,10,11,12). The molecule has 0 atom stereocenters. The normalized spacial score (nSPS) is 16.4. The minimum absolute atomic E-state index is 0.173. The molecule has 0 bridgehead atoms. The molecule has 0 spiro atoms. The summed E-state index contributed by atoms with van der Waals surface area (Å²) in [7, 11) is -1.91. The van der Waals surface area contributed by atoms with Crippen LogP contribution in [0.3, 0.4) is 0 Å². The van der Waals surface area contributed by atoms with Gasteiger partial charge in [0.1, 0.15) is 0 Å². The van der Waals surface area contributed by atoms with Gasteiger partial charge in [-0.1, -0.05) is 11.2 Å². The van der Waals surface area contributed by atoms with Crippen molar-refractivity contribution < 1.29 is 13.0 Å². The minimum Gasteiger partial charge on any atom is -0.306 e. The summed E-state index contributed by atoms with van der Waals surface area (Å²) in [5.41, 5.74) is 1.10. The molecular formula is C8H13NO3S2. The Labute approximate surface area is 87.9 Å². The van der Waals surface area contributed by atoms with Crippen molar-refractivity contribution >= 4 is 21.3 Å². The van der Waals surface area contributed by atoms with Crippen LogP contribution in [0, 0.1) is 5.31 Å². The number of allylic oxidation sites excluding steroid dienone is 2. The van der Waals surface area contributed by atoms with Crippen LogP contribution in [-0.2, 0) is 10.1 Å². The molecule has 0 radical (unpaired) electrons. The smallest absolute Gasteiger partial charge is 0.264 e. The number of nitrogens with zero attached hydrogens (tertiary/aromatic N) is 1. The highest BCUT2D eigenvalue weighted by Gasteiger charge is 2.11. The third-order valence-electron chi connectivity index (χ3n) is 2.02. The lowest BCUT2D eigenvalue weighted by atomic mass is 10.3.